The van der Waals surface area contributed by atoms with Crippen molar-refractivity contribution < 1.29 is 27.4 Å². The lowest BCUT2D eigenvalue weighted by molar-refractivity contribution is -0.219. The molecule has 4 rings (SSSR count). The Hall–Kier alpha value is -0.210. The van der Waals surface area contributed by atoms with Crippen LogP contribution in [-0.4, -0.2) is 35.1 Å². The van der Waals surface area contributed by atoms with Crippen molar-refractivity contribution in [2.45, 2.75) is 90.4 Å². The fourth-order valence-corrected chi connectivity index (χ4v) is 8.86. The first kappa shape index (κ1) is 21.0. The molecular formula is C21H36O6S. The third-order valence-electron chi connectivity index (χ3n) is 9.60. The summed E-state index contributed by atoms with van der Waals surface area (Å²) in [6, 6.07) is 0. The molecule has 1 unspecified atom stereocenters. The number of fused-ring (bicyclic) bond motifs is 5. The zero-order valence-electron chi connectivity index (χ0n) is 17.3. The van der Waals surface area contributed by atoms with Gasteiger partial charge in [-0.2, -0.15) is 8.42 Å². The monoisotopic (exact) mass is 416 g/mol. The van der Waals surface area contributed by atoms with Crippen LogP contribution in [0, 0.1) is 40.4 Å². The number of aliphatic hydroxyl groups is 2. The van der Waals surface area contributed by atoms with Gasteiger partial charge in [0.2, 0.25) is 0 Å². The van der Waals surface area contributed by atoms with E-state index in [-0.39, 0.29) is 35.7 Å². The summed E-state index contributed by atoms with van der Waals surface area (Å²) in [5.74, 6) is 0.693. The van der Waals surface area contributed by atoms with Crippen molar-refractivity contribution >= 4 is 10.4 Å². The van der Waals surface area contributed by atoms with E-state index < -0.39 is 16.2 Å². The van der Waals surface area contributed by atoms with E-state index in [1.807, 2.05) is 6.92 Å². The summed E-state index contributed by atoms with van der Waals surface area (Å²) in [6.45, 7) is 6.66. The lowest BCUT2D eigenvalue weighted by Gasteiger charge is -2.61. The van der Waals surface area contributed by atoms with Crippen molar-refractivity contribution in [3.63, 3.8) is 0 Å². The molecule has 162 valence electrons. The topological polar surface area (TPSA) is 104 Å². The maximum absolute atomic E-state index is 11.2. The van der Waals surface area contributed by atoms with Crippen LogP contribution in [0.3, 0.4) is 0 Å². The molecule has 4 saturated carbocycles. The van der Waals surface area contributed by atoms with E-state index in [4.69, 9.17) is 4.55 Å². The first-order chi connectivity index (χ1) is 12.9. The van der Waals surface area contributed by atoms with Crippen LogP contribution in [0.25, 0.3) is 0 Å². The fourth-order valence-electron chi connectivity index (χ4n) is 8.32. The van der Waals surface area contributed by atoms with Crippen molar-refractivity contribution in [1.29, 1.82) is 0 Å². The molecule has 0 aromatic rings. The number of aliphatic hydroxyl groups excluding tert-OH is 1. The van der Waals surface area contributed by atoms with Crippen LogP contribution in [0.5, 0.6) is 0 Å². The van der Waals surface area contributed by atoms with Crippen LogP contribution < -0.4 is 0 Å². The standard InChI is InChI=1S/C21H36O6S/c1-13(22)16-6-7-17-15-5-4-14-12-21(23,27-28(24,25)26)11-10-19(14,2)18(15)8-9-20(16,17)3/h13-18,22-23H,4-12H2,1-3H3,(H,24,25,26)/t13-,14?,15-,16+,17-,18-,19-,20+,21+/m0/s1. The van der Waals surface area contributed by atoms with E-state index in [1.165, 1.54) is 6.42 Å². The molecule has 4 fully saturated rings. The first-order valence-electron chi connectivity index (χ1n) is 11.0. The largest absolute Gasteiger partial charge is 0.400 e. The van der Waals surface area contributed by atoms with Crippen molar-refractivity contribution in [3.05, 3.63) is 0 Å². The molecule has 0 aliphatic heterocycles. The van der Waals surface area contributed by atoms with Crippen molar-refractivity contribution in [2.24, 2.45) is 40.4 Å². The number of hydrogen-bond acceptors (Lipinski definition) is 5. The molecule has 0 aromatic heterocycles. The summed E-state index contributed by atoms with van der Waals surface area (Å²) in [6.07, 6.45) is 7.63. The van der Waals surface area contributed by atoms with Gasteiger partial charge in [-0.3, -0.25) is 4.55 Å². The molecule has 6 nitrogen and oxygen atoms in total. The summed E-state index contributed by atoms with van der Waals surface area (Å²) in [7, 11) is -4.67. The van der Waals surface area contributed by atoms with E-state index in [1.54, 1.807) is 0 Å². The first-order valence-corrected chi connectivity index (χ1v) is 12.3. The van der Waals surface area contributed by atoms with Gasteiger partial charge in [-0.05, 0) is 92.3 Å². The highest BCUT2D eigenvalue weighted by Crippen LogP contribution is 2.68. The maximum Gasteiger partial charge on any atom is 0.400 e. The van der Waals surface area contributed by atoms with Crippen LogP contribution in [0.2, 0.25) is 0 Å². The van der Waals surface area contributed by atoms with Gasteiger partial charge in [-0.1, -0.05) is 13.8 Å². The summed E-state index contributed by atoms with van der Waals surface area (Å²) >= 11 is 0. The Morgan fingerprint density at radius 3 is 2.29 bits per heavy atom. The second-order valence-corrected chi connectivity index (χ2v) is 11.8. The van der Waals surface area contributed by atoms with Crippen LogP contribution >= 0.6 is 0 Å². The molecule has 0 bridgehead atoms. The maximum atomic E-state index is 11.2. The smallest absolute Gasteiger partial charge is 0.393 e. The molecule has 0 amide bonds. The Bertz CT molecular complexity index is 722. The van der Waals surface area contributed by atoms with Crippen LogP contribution in [0.1, 0.15) is 78.6 Å². The van der Waals surface area contributed by atoms with Gasteiger partial charge in [0.05, 0.1) is 6.10 Å². The van der Waals surface area contributed by atoms with Gasteiger partial charge < -0.3 is 10.2 Å². The Labute approximate surface area is 169 Å². The summed E-state index contributed by atoms with van der Waals surface area (Å²) in [5.41, 5.74) is 0.296. The van der Waals surface area contributed by atoms with Gasteiger partial charge in [-0.15, -0.1) is 0 Å². The molecule has 0 saturated heterocycles. The molecule has 0 radical (unpaired) electrons. The van der Waals surface area contributed by atoms with Crippen molar-refractivity contribution in [3.8, 4) is 0 Å². The lowest BCUT2D eigenvalue weighted by atomic mass is 9.44. The van der Waals surface area contributed by atoms with E-state index in [0.717, 1.165) is 32.1 Å². The van der Waals surface area contributed by atoms with Crippen LogP contribution in [0.4, 0.5) is 0 Å². The highest BCUT2D eigenvalue weighted by Gasteiger charge is 2.62. The molecule has 28 heavy (non-hydrogen) atoms. The van der Waals surface area contributed by atoms with Crippen molar-refractivity contribution in [2.75, 3.05) is 0 Å². The minimum atomic E-state index is -4.67. The van der Waals surface area contributed by atoms with Crippen LogP contribution in [-0.2, 0) is 14.6 Å². The number of rotatable bonds is 3. The van der Waals surface area contributed by atoms with Gasteiger partial charge in [0.1, 0.15) is 0 Å². The van der Waals surface area contributed by atoms with Gasteiger partial charge in [0.15, 0.2) is 5.79 Å². The molecule has 0 aromatic carbocycles. The SMILES string of the molecule is C[C@H](O)[C@H]1CC[C@H]2[C@@H]3CCC4C[C@](O)(OS(=O)(=O)O)CC[C@]4(C)[C@H]3CC[C@]12C. The van der Waals surface area contributed by atoms with Gasteiger partial charge in [0.25, 0.3) is 0 Å². The van der Waals surface area contributed by atoms with Gasteiger partial charge in [-0.25, -0.2) is 4.18 Å². The van der Waals surface area contributed by atoms with Gasteiger partial charge in [0, 0.05) is 12.8 Å². The second kappa shape index (κ2) is 6.64. The Balaban J connectivity index is 1.55. The average molecular weight is 417 g/mol. The summed E-state index contributed by atoms with van der Waals surface area (Å²) < 4.78 is 36.1. The Morgan fingerprint density at radius 1 is 0.964 bits per heavy atom. The Morgan fingerprint density at radius 2 is 1.64 bits per heavy atom. The third kappa shape index (κ3) is 3.25. The second-order valence-electron chi connectivity index (χ2n) is 10.8. The summed E-state index contributed by atoms with van der Waals surface area (Å²) in [4.78, 5) is 0. The molecular weight excluding hydrogens is 380 g/mol. The molecule has 7 heteroatoms. The molecule has 4 aliphatic carbocycles. The lowest BCUT2D eigenvalue weighted by Crippen LogP contribution is -2.56. The van der Waals surface area contributed by atoms with E-state index in [2.05, 4.69) is 18.0 Å². The predicted molar refractivity (Wildman–Crippen MR) is 104 cm³/mol. The van der Waals surface area contributed by atoms with E-state index in [0.29, 0.717) is 30.1 Å². The molecule has 0 spiro atoms. The average Bonchev–Trinajstić information content (AvgIpc) is 2.91. The highest BCUT2D eigenvalue weighted by atomic mass is 32.3. The van der Waals surface area contributed by atoms with E-state index >= 15 is 0 Å². The highest BCUT2D eigenvalue weighted by molar-refractivity contribution is 7.80. The molecule has 3 N–H and O–H groups in total. The molecule has 9 atom stereocenters. The quantitative estimate of drug-likeness (QED) is 0.480. The fraction of sp³-hybridized carbons (Fsp3) is 1.00. The number of hydrogen-bond donors (Lipinski definition) is 3. The third-order valence-corrected chi connectivity index (χ3v) is 10.1. The minimum Gasteiger partial charge on any atom is -0.393 e. The zero-order valence-corrected chi connectivity index (χ0v) is 18.1. The zero-order chi connectivity index (χ0) is 20.5. The predicted octanol–water partition coefficient (Wildman–Crippen LogP) is 3.53. The van der Waals surface area contributed by atoms with E-state index in [9.17, 15) is 18.6 Å². The van der Waals surface area contributed by atoms with Gasteiger partial charge >= 0.3 is 10.4 Å². The molecule has 4 aliphatic rings. The summed E-state index contributed by atoms with van der Waals surface area (Å²) in [5, 5.41) is 21.0. The van der Waals surface area contributed by atoms with Crippen LogP contribution in [0.15, 0.2) is 0 Å². The normalized spacial score (nSPS) is 52.4. The van der Waals surface area contributed by atoms with Crippen molar-refractivity contribution in [1.82, 2.24) is 0 Å². The molecule has 0 heterocycles. The Kier molecular flexibility index (Phi) is 4.99. The minimum absolute atomic E-state index is 0.0714.